The minimum atomic E-state index is 1.18. The summed E-state index contributed by atoms with van der Waals surface area (Å²) < 4.78 is 2.33. The topological polar surface area (TPSA) is 4.93 Å². The first-order valence-electron chi connectivity index (χ1n) is 5.28. The third-order valence-corrected chi connectivity index (χ3v) is 2.99. The Morgan fingerprint density at radius 1 is 1.21 bits per heavy atom. The van der Waals surface area contributed by atoms with Gasteiger partial charge in [-0.25, -0.2) is 0 Å². The largest absolute Gasteiger partial charge is 0.347 e. The molecule has 0 N–H and O–H groups in total. The highest BCUT2D eigenvalue weighted by Crippen LogP contribution is 2.24. The first-order chi connectivity index (χ1) is 6.75. The zero-order valence-electron chi connectivity index (χ0n) is 9.17. The fourth-order valence-electron chi connectivity index (χ4n) is 2.23. The molecule has 0 radical (unpaired) electrons. The molecule has 1 heterocycles. The number of hydrogen-bond donors (Lipinski definition) is 0. The van der Waals surface area contributed by atoms with Crippen LogP contribution in [0.15, 0.2) is 24.3 Å². The van der Waals surface area contributed by atoms with Crippen molar-refractivity contribution in [1.29, 1.82) is 0 Å². The molecule has 1 heteroatoms. The fourth-order valence-corrected chi connectivity index (χ4v) is 2.23. The van der Waals surface area contributed by atoms with Crippen LogP contribution >= 0.6 is 0 Å². The van der Waals surface area contributed by atoms with Crippen molar-refractivity contribution in [3.05, 3.63) is 35.5 Å². The second-order valence-corrected chi connectivity index (χ2v) is 3.90. The molecule has 0 aliphatic carbocycles. The number of nitrogens with zero attached hydrogens (tertiary/aromatic N) is 1. The minimum absolute atomic E-state index is 1.18. The molecule has 2 aromatic rings. The Hall–Kier alpha value is -1.24. The molecule has 0 saturated heterocycles. The van der Waals surface area contributed by atoms with Crippen molar-refractivity contribution >= 4 is 10.9 Å². The van der Waals surface area contributed by atoms with Crippen LogP contribution in [-0.4, -0.2) is 4.57 Å². The molecule has 0 atom stereocenters. The van der Waals surface area contributed by atoms with Crippen molar-refractivity contribution in [1.82, 2.24) is 4.57 Å². The van der Waals surface area contributed by atoms with Gasteiger partial charge < -0.3 is 4.57 Å². The molecule has 0 fully saturated rings. The lowest BCUT2D eigenvalue weighted by molar-refractivity contribution is 0.797. The molecule has 2 rings (SSSR count). The van der Waals surface area contributed by atoms with Gasteiger partial charge >= 0.3 is 0 Å². The highest BCUT2D eigenvalue weighted by Gasteiger charge is 2.09. The molecule has 0 spiro atoms. The van der Waals surface area contributed by atoms with E-state index in [1.54, 1.807) is 0 Å². The first kappa shape index (κ1) is 9.32. The number of benzene rings is 1. The number of para-hydroxylation sites is 1. The zero-order valence-corrected chi connectivity index (χ0v) is 9.17. The molecule has 0 unspecified atom stereocenters. The van der Waals surface area contributed by atoms with Crippen molar-refractivity contribution in [2.75, 3.05) is 0 Å². The molecule has 0 saturated carbocycles. The number of rotatable bonds is 2. The van der Waals surface area contributed by atoms with Gasteiger partial charge in [0.1, 0.15) is 0 Å². The predicted octanol–water partition coefficient (Wildman–Crippen LogP) is 3.44. The lowest BCUT2D eigenvalue weighted by Crippen LogP contribution is -1.96. The number of aryl methyl sites for hydroxylation is 2. The summed E-state index contributed by atoms with van der Waals surface area (Å²) in [7, 11) is 2.17. The molecule has 0 aliphatic rings. The van der Waals surface area contributed by atoms with Crippen molar-refractivity contribution in [3.63, 3.8) is 0 Å². The Kier molecular flexibility index (Phi) is 2.32. The van der Waals surface area contributed by atoms with E-state index in [0.717, 1.165) is 0 Å². The molecular weight excluding hydrogens is 170 g/mol. The molecule has 14 heavy (non-hydrogen) atoms. The van der Waals surface area contributed by atoms with E-state index in [-0.39, 0.29) is 0 Å². The summed E-state index contributed by atoms with van der Waals surface area (Å²) in [5, 5.41) is 1.40. The van der Waals surface area contributed by atoms with Gasteiger partial charge in [0, 0.05) is 23.6 Å². The van der Waals surface area contributed by atoms with Crippen LogP contribution in [0.4, 0.5) is 0 Å². The summed E-state index contributed by atoms with van der Waals surface area (Å²) in [6.07, 6.45) is 2.39. The van der Waals surface area contributed by atoms with Crippen LogP contribution in [0.2, 0.25) is 0 Å². The fraction of sp³-hybridized carbons (Fsp3) is 0.385. The van der Waals surface area contributed by atoms with Crippen LogP contribution in [0.3, 0.4) is 0 Å². The summed E-state index contributed by atoms with van der Waals surface area (Å²) in [5.41, 5.74) is 4.28. The maximum atomic E-state index is 2.33. The second-order valence-electron chi connectivity index (χ2n) is 3.90. The van der Waals surface area contributed by atoms with Gasteiger partial charge in [-0.05, 0) is 25.0 Å². The second kappa shape index (κ2) is 3.49. The van der Waals surface area contributed by atoms with Crippen molar-refractivity contribution in [2.24, 2.45) is 7.05 Å². The van der Waals surface area contributed by atoms with E-state index < -0.39 is 0 Å². The summed E-state index contributed by atoms with van der Waals surface area (Å²) in [4.78, 5) is 0. The van der Waals surface area contributed by atoms with Gasteiger partial charge in [-0.15, -0.1) is 0 Å². The van der Waals surface area contributed by atoms with Crippen molar-refractivity contribution in [3.8, 4) is 0 Å². The lowest BCUT2D eigenvalue weighted by atomic mass is 10.1. The molecule has 1 aromatic carbocycles. The van der Waals surface area contributed by atoms with E-state index in [0.29, 0.717) is 0 Å². The van der Waals surface area contributed by atoms with Crippen molar-refractivity contribution in [2.45, 2.75) is 26.7 Å². The maximum absolute atomic E-state index is 2.33. The van der Waals surface area contributed by atoms with Gasteiger partial charge in [0.15, 0.2) is 0 Å². The number of fused-ring (bicyclic) bond motifs is 1. The van der Waals surface area contributed by atoms with Gasteiger partial charge in [-0.3, -0.25) is 0 Å². The lowest BCUT2D eigenvalue weighted by Gasteiger charge is -2.02. The van der Waals surface area contributed by atoms with E-state index in [2.05, 4.69) is 49.7 Å². The van der Waals surface area contributed by atoms with Crippen LogP contribution in [-0.2, 0) is 13.5 Å². The summed E-state index contributed by atoms with van der Waals surface area (Å²) in [6, 6.07) is 8.63. The summed E-state index contributed by atoms with van der Waals surface area (Å²) in [6.45, 7) is 4.46. The Bertz CT molecular complexity index is 412. The smallest absolute Gasteiger partial charge is 0.0482 e. The zero-order chi connectivity index (χ0) is 10.1. The highest BCUT2D eigenvalue weighted by molar-refractivity contribution is 5.85. The Balaban J connectivity index is 2.72. The Morgan fingerprint density at radius 2 is 1.93 bits per heavy atom. The molecule has 74 valence electrons. The molecular formula is C13H17N. The third-order valence-electron chi connectivity index (χ3n) is 2.99. The van der Waals surface area contributed by atoms with Gasteiger partial charge in [-0.2, -0.15) is 0 Å². The predicted molar refractivity (Wildman–Crippen MR) is 61.7 cm³/mol. The van der Waals surface area contributed by atoms with Gasteiger partial charge in [-0.1, -0.05) is 31.5 Å². The monoisotopic (exact) mass is 187 g/mol. The Labute approximate surface area is 85.4 Å². The molecule has 0 bridgehead atoms. The quantitative estimate of drug-likeness (QED) is 0.678. The van der Waals surface area contributed by atoms with Crippen LogP contribution < -0.4 is 0 Å². The van der Waals surface area contributed by atoms with Gasteiger partial charge in [0.2, 0.25) is 0 Å². The molecule has 0 aliphatic heterocycles. The van der Waals surface area contributed by atoms with E-state index in [1.165, 1.54) is 35.0 Å². The van der Waals surface area contributed by atoms with Crippen LogP contribution in [0.25, 0.3) is 10.9 Å². The van der Waals surface area contributed by atoms with E-state index in [9.17, 15) is 0 Å². The standard InChI is InChI=1S/C13H17N/c1-4-7-12-10(2)11-8-5-6-9-13(11)14(12)3/h5-6,8-9H,4,7H2,1-3H3. The average molecular weight is 187 g/mol. The average Bonchev–Trinajstić information content (AvgIpc) is 2.45. The summed E-state index contributed by atoms with van der Waals surface area (Å²) in [5.74, 6) is 0. The first-order valence-corrected chi connectivity index (χ1v) is 5.28. The normalized spacial score (nSPS) is 11.1. The van der Waals surface area contributed by atoms with Gasteiger partial charge in [0.05, 0.1) is 0 Å². The molecule has 1 aromatic heterocycles. The SMILES string of the molecule is CCCc1c(C)c2ccccc2n1C. The molecule has 0 amide bonds. The third kappa shape index (κ3) is 1.24. The van der Waals surface area contributed by atoms with Gasteiger partial charge in [0.25, 0.3) is 0 Å². The van der Waals surface area contributed by atoms with E-state index in [4.69, 9.17) is 0 Å². The van der Waals surface area contributed by atoms with Crippen LogP contribution in [0, 0.1) is 6.92 Å². The Morgan fingerprint density at radius 3 is 2.57 bits per heavy atom. The van der Waals surface area contributed by atoms with Crippen LogP contribution in [0.1, 0.15) is 24.6 Å². The highest BCUT2D eigenvalue weighted by atomic mass is 14.9. The number of hydrogen-bond acceptors (Lipinski definition) is 0. The van der Waals surface area contributed by atoms with Crippen molar-refractivity contribution < 1.29 is 0 Å². The minimum Gasteiger partial charge on any atom is -0.347 e. The van der Waals surface area contributed by atoms with E-state index in [1.807, 2.05) is 0 Å². The molecule has 1 nitrogen and oxygen atoms in total. The van der Waals surface area contributed by atoms with Crippen LogP contribution in [0.5, 0.6) is 0 Å². The van der Waals surface area contributed by atoms with E-state index >= 15 is 0 Å². The maximum Gasteiger partial charge on any atom is 0.0482 e. The summed E-state index contributed by atoms with van der Waals surface area (Å²) >= 11 is 0. The number of aromatic nitrogens is 1.